The van der Waals surface area contributed by atoms with Crippen LogP contribution in [0.3, 0.4) is 0 Å². The lowest BCUT2D eigenvalue weighted by atomic mass is 10.1. The number of phenols is 1. The number of nitrogens with one attached hydrogen (secondary N) is 1. The number of sulfonamides is 1. The molecule has 0 aliphatic heterocycles. The first-order valence-electron chi connectivity index (χ1n) is 6.36. The summed E-state index contributed by atoms with van der Waals surface area (Å²) in [5, 5.41) is 10.8. The molecule has 21 heavy (non-hydrogen) atoms. The summed E-state index contributed by atoms with van der Waals surface area (Å²) in [5.41, 5.74) is 0.403. The van der Waals surface area contributed by atoms with E-state index in [1.54, 1.807) is 18.2 Å². The minimum absolute atomic E-state index is 0.0862. The highest BCUT2D eigenvalue weighted by molar-refractivity contribution is 7.93. The third kappa shape index (κ3) is 2.68. The molecule has 0 heterocycles. The topological polar surface area (TPSA) is 66.4 Å². The van der Waals surface area contributed by atoms with Crippen LogP contribution in [0.1, 0.15) is 0 Å². The van der Waals surface area contributed by atoms with Gasteiger partial charge in [0.25, 0.3) is 10.0 Å². The number of aromatic hydroxyl groups is 1. The lowest BCUT2D eigenvalue weighted by molar-refractivity contribution is 0.475. The molecule has 0 spiro atoms. The zero-order chi connectivity index (χ0) is 14.9. The van der Waals surface area contributed by atoms with Gasteiger partial charge < -0.3 is 5.11 Å². The van der Waals surface area contributed by atoms with Crippen LogP contribution >= 0.6 is 0 Å². The second kappa shape index (κ2) is 5.10. The van der Waals surface area contributed by atoms with Gasteiger partial charge in [-0.15, -0.1) is 0 Å². The van der Waals surface area contributed by atoms with E-state index in [9.17, 15) is 13.5 Å². The Morgan fingerprint density at radius 1 is 0.810 bits per heavy atom. The van der Waals surface area contributed by atoms with Gasteiger partial charge >= 0.3 is 0 Å². The monoisotopic (exact) mass is 299 g/mol. The first kappa shape index (κ1) is 13.5. The Balaban J connectivity index is 2.06. The van der Waals surface area contributed by atoms with Crippen molar-refractivity contribution >= 4 is 26.5 Å². The van der Waals surface area contributed by atoms with Gasteiger partial charge in [-0.2, -0.15) is 0 Å². The van der Waals surface area contributed by atoms with Crippen LogP contribution in [0, 0.1) is 0 Å². The Bertz CT molecular complexity index is 882. The maximum absolute atomic E-state index is 12.5. The van der Waals surface area contributed by atoms with Gasteiger partial charge in [-0.3, -0.25) is 4.72 Å². The van der Waals surface area contributed by atoms with E-state index in [2.05, 4.69) is 4.72 Å². The van der Waals surface area contributed by atoms with Gasteiger partial charge in [0.05, 0.1) is 4.90 Å². The van der Waals surface area contributed by atoms with E-state index < -0.39 is 10.0 Å². The lowest BCUT2D eigenvalue weighted by Crippen LogP contribution is -2.13. The molecule has 106 valence electrons. The van der Waals surface area contributed by atoms with Crippen LogP contribution < -0.4 is 4.72 Å². The number of anilines is 1. The van der Waals surface area contributed by atoms with Crippen molar-refractivity contribution in [1.29, 1.82) is 0 Å². The Kier molecular flexibility index (Phi) is 3.27. The molecule has 0 aliphatic rings. The molecule has 0 amide bonds. The predicted octanol–water partition coefficient (Wildman–Crippen LogP) is 3.35. The third-order valence-electron chi connectivity index (χ3n) is 3.16. The molecule has 0 saturated carbocycles. The number of hydrogen-bond donors (Lipinski definition) is 2. The van der Waals surface area contributed by atoms with Crippen molar-refractivity contribution in [2.75, 3.05) is 4.72 Å². The molecule has 0 radical (unpaired) electrons. The van der Waals surface area contributed by atoms with Crippen molar-refractivity contribution in [2.24, 2.45) is 0 Å². The first-order valence-corrected chi connectivity index (χ1v) is 7.84. The van der Waals surface area contributed by atoms with E-state index in [1.165, 1.54) is 24.3 Å². The molecule has 4 nitrogen and oxygen atoms in total. The first-order chi connectivity index (χ1) is 10.1. The summed E-state index contributed by atoms with van der Waals surface area (Å²) in [6, 6.07) is 18.4. The molecule has 2 N–H and O–H groups in total. The molecule has 0 aliphatic carbocycles. The van der Waals surface area contributed by atoms with E-state index in [0.29, 0.717) is 11.1 Å². The van der Waals surface area contributed by atoms with Crippen molar-refractivity contribution in [1.82, 2.24) is 0 Å². The molecular weight excluding hydrogens is 286 g/mol. The maximum atomic E-state index is 12.5. The lowest BCUT2D eigenvalue weighted by Gasteiger charge is -2.10. The average molecular weight is 299 g/mol. The largest absolute Gasteiger partial charge is 0.508 e. The third-order valence-corrected chi connectivity index (χ3v) is 4.60. The van der Waals surface area contributed by atoms with Gasteiger partial charge in [0.2, 0.25) is 0 Å². The standard InChI is InChI=1S/C16H13NO3S/c18-14-10-8-13(9-11-14)17-21(19,20)16-7-3-5-12-4-1-2-6-15(12)16/h1-11,17-18H. The Morgan fingerprint density at radius 3 is 2.24 bits per heavy atom. The van der Waals surface area contributed by atoms with Crippen molar-refractivity contribution in [2.45, 2.75) is 4.90 Å². The molecule has 5 heteroatoms. The molecule has 3 rings (SSSR count). The van der Waals surface area contributed by atoms with Crippen LogP contribution in [0.2, 0.25) is 0 Å². The molecule has 0 bridgehead atoms. The Morgan fingerprint density at radius 2 is 1.48 bits per heavy atom. The van der Waals surface area contributed by atoms with Gasteiger partial charge in [0.15, 0.2) is 0 Å². The van der Waals surface area contributed by atoms with Crippen molar-refractivity contribution < 1.29 is 13.5 Å². The van der Waals surface area contributed by atoms with Crippen LogP contribution in [0.15, 0.2) is 71.6 Å². The summed E-state index contributed by atoms with van der Waals surface area (Å²) in [7, 11) is -3.68. The van der Waals surface area contributed by atoms with E-state index in [0.717, 1.165) is 5.39 Å². The van der Waals surface area contributed by atoms with Crippen molar-refractivity contribution in [3.05, 3.63) is 66.7 Å². The van der Waals surface area contributed by atoms with Gasteiger partial charge in [0.1, 0.15) is 5.75 Å². The summed E-state index contributed by atoms with van der Waals surface area (Å²) < 4.78 is 27.6. The minimum Gasteiger partial charge on any atom is -0.508 e. The number of rotatable bonds is 3. The summed E-state index contributed by atoms with van der Waals surface area (Å²) in [6.07, 6.45) is 0. The SMILES string of the molecule is O=S(=O)(Nc1ccc(O)cc1)c1cccc2ccccc12. The van der Waals surface area contributed by atoms with Crippen LogP contribution in [0.5, 0.6) is 5.75 Å². The highest BCUT2D eigenvalue weighted by atomic mass is 32.2. The van der Waals surface area contributed by atoms with Crippen molar-refractivity contribution in [3.8, 4) is 5.75 Å². The molecule has 3 aromatic rings. The molecule has 0 unspecified atom stereocenters. The molecule has 0 fully saturated rings. The summed E-state index contributed by atoms with van der Waals surface area (Å²) >= 11 is 0. The zero-order valence-electron chi connectivity index (χ0n) is 11.0. The smallest absolute Gasteiger partial charge is 0.262 e. The normalized spacial score (nSPS) is 11.4. The molecule has 0 saturated heterocycles. The van der Waals surface area contributed by atoms with E-state index >= 15 is 0 Å². The van der Waals surface area contributed by atoms with Crippen LogP contribution in [0.4, 0.5) is 5.69 Å². The van der Waals surface area contributed by atoms with Gasteiger partial charge in [-0.05, 0) is 35.7 Å². The second-order valence-corrected chi connectivity index (χ2v) is 6.28. The second-order valence-electron chi connectivity index (χ2n) is 4.63. The minimum atomic E-state index is -3.68. The number of hydrogen-bond acceptors (Lipinski definition) is 3. The number of benzene rings is 3. The Hall–Kier alpha value is -2.53. The summed E-state index contributed by atoms with van der Waals surface area (Å²) in [6.45, 7) is 0. The fourth-order valence-corrected chi connectivity index (χ4v) is 3.46. The van der Waals surface area contributed by atoms with E-state index in [4.69, 9.17) is 0 Å². The predicted molar refractivity (Wildman–Crippen MR) is 82.9 cm³/mol. The van der Waals surface area contributed by atoms with Gasteiger partial charge in [-0.1, -0.05) is 36.4 Å². The fraction of sp³-hybridized carbons (Fsp3) is 0. The van der Waals surface area contributed by atoms with E-state index in [-0.39, 0.29) is 10.6 Å². The molecule has 0 aromatic heterocycles. The van der Waals surface area contributed by atoms with Crippen LogP contribution in [-0.2, 0) is 10.0 Å². The highest BCUT2D eigenvalue weighted by Crippen LogP contribution is 2.25. The quantitative estimate of drug-likeness (QED) is 0.729. The van der Waals surface area contributed by atoms with Gasteiger partial charge in [0, 0.05) is 11.1 Å². The molecular formula is C16H13NO3S. The van der Waals surface area contributed by atoms with E-state index in [1.807, 2.05) is 24.3 Å². The number of fused-ring (bicyclic) bond motifs is 1. The van der Waals surface area contributed by atoms with Gasteiger partial charge in [-0.25, -0.2) is 8.42 Å². The molecule has 0 atom stereocenters. The fourth-order valence-electron chi connectivity index (χ4n) is 2.17. The zero-order valence-corrected chi connectivity index (χ0v) is 11.8. The summed E-state index contributed by atoms with van der Waals surface area (Å²) in [5.74, 6) is 0.0862. The maximum Gasteiger partial charge on any atom is 0.262 e. The van der Waals surface area contributed by atoms with Crippen molar-refractivity contribution in [3.63, 3.8) is 0 Å². The molecule has 3 aromatic carbocycles. The summed E-state index contributed by atoms with van der Waals surface area (Å²) in [4.78, 5) is 0.230. The average Bonchev–Trinajstić information content (AvgIpc) is 2.49. The van der Waals surface area contributed by atoms with Crippen LogP contribution in [0.25, 0.3) is 10.8 Å². The number of phenolic OH excluding ortho intramolecular Hbond substituents is 1. The Labute approximate surface area is 122 Å². The van der Waals surface area contributed by atoms with Crippen LogP contribution in [-0.4, -0.2) is 13.5 Å². The highest BCUT2D eigenvalue weighted by Gasteiger charge is 2.17.